The van der Waals surface area contributed by atoms with E-state index in [1.165, 1.54) is 5.56 Å². The third kappa shape index (κ3) is 0.959. The summed E-state index contributed by atoms with van der Waals surface area (Å²) >= 11 is 3.36. The molecule has 0 N–H and O–H groups in total. The first-order valence-corrected chi connectivity index (χ1v) is 4.09. The zero-order chi connectivity index (χ0) is 7.84. The quantitative estimate of drug-likeness (QED) is 0.654. The highest BCUT2D eigenvalue weighted by Crippen LogP contribution is 2.17. The van der Waals surface area contributed by atoms with Crippen molar-refractivity contribution in [1.29, 1.82) is 0 Å². The van der Waals surface area contributed by atoms with E-state index in [1.54, 1.807) is 6.33 Å². The van der Waals surface area contributed by atoms with Gasteiger partial charge in [0, 0.05) is 0 Å². The van der Waals surface area contributed by atoms with Gasteiger partial charge in [0.1, 0.15) is 6.33 Å². The van der Waals surface area contributed by atoms with E-state index in [4.69, 9.17) is 0 Å². The number of fused-ring (bicyclic) bond motifs is 1. The van der Waals surface area contributed by atoms with Crippen molar-refractivity contribution < 1.29 is 0 Å². The van der Waals surface area contributed by atoms with Gasteiger partial charge in [-0.3, -0.25) is 3.59 Å². The molecule has 0 saturated heterocycles. The lowest BCUT2D eigenvalue weighted by molar-refractivity contribution is 1.29. The number of benzene rings is 1. The normalized spacial score (nSPS) is 10.7. The molecule has 1 aromatic heterocycles. The van der Waals surface area contributed by atoms with Crippen molar-refractivity contribution in [2.75, 3.05) is 0 Å². The fourth-order valence-electron chi connectivity index (χ4n) is 1.15. The molecule has 2 aromatic rings. The predicted molar refractivity (Wildman–Crippen MR) is 48.8 cm³/mol. The number of aromatic nitrogens is 2. The number of aryl methyl sites for hydroxylation is 1. The molecular formula is C8H7BrN2. The lowest BCUT2D eigenvalue weighted by atomic mass is 10.2. The molecule has 1 heterocycles. The molecule has 0 saturated carbocycles. The second kappa shape index (κ2) is 2.34. The molecule has 1 aromatic carbocycles. The molecule has 0 radical (unpaired) electrons. The summed E-state index contributed by atoms with van der Waals surface area (Å²) in [6, 6.07) is 6.11. The van der Waals surface area contributed by atoms with Crippen molar-refractivity contribution in [3.05, 3.63) is 30.1 Å². The van der Waals surface area contributed by atoms with Crippen LogP contribution in [0.5, 0.6) is 0 Å². The Balaban J connectivity index is 2.94. The summed E-state index contributed by atoms with van der Waals surface area (Å²) in [4.78, 5) is 4.23. The summed E-state index contributed by atoms with van der Waals surface area (Å²) in [6.07, 6.45) is 1.76. The van der Waals surface area contributed by atoms with Crippen LogP contribution in [0.4, 0.5) is 0 Å². The smallest absolute Gasteiger partial charge is 0.106 e. The van der Waals surface area contributed by atoms with Crippen LogP contribution in [0.25, 0.3) is 11.0 Å². The number of para-hydroxylation sites is 1. The van der Waals surface area contributed by atoms with E-state index in [-0.39, 0.29) is 0 Å². The summed E-state index contributed by atoms with van der Waals surface area (Å²) in [5, 5.41) is 0. The molecule has 0 amide bonds. The second-order valence-electron chi connectivity index (χ2n) is 2.50. The Morgan fingerprint density at radius 3 is 3.00 bits per heavy atom. The van der Waals surface area contributed by atoms with E-state index in [9.17, 15) is 0 Å². The van der Waals surface area contributed by atoms with E-state index < -0.39 is 0 Å². The lowest BCUT2D eigenvalue weighted by Crippen LogP contribution is -1.76. The van der Waals surface area contributed by atoms with Gasteiger partial charge in [0.05, 0.1) is 27.2 Å². The number of hydrogen-bond donors (Lipinski definition) is 0. The van der Waals surface area contributed by atoms with Crippen molar-refractivity contribution in [1.82, 2.24) is 8.58 Å². The van der Waals surface area contributed by atoms with Crippen LogP contribution in [0, 0.1) is 6.92 Å². The molecule has 0 spiro atoms. The molecular weight excluding hydrogens is 204 g/mol. The minimum Gasteiger partial charge on any atom is -0.265 e. The zero-order valence-electron chi connectivity index (χ0n) is 6.08. The standard InChI is InChI=1S/C8H7BrN2/c1-6-3-2-4-7-8(6)10-5-11(7)9/h2-5H,1H3. The molecule has 56 valence electrons. The molecule has 2 nitrogen and oxygen atoms in total. The molecule has 0 aliphatic rings. The van der Waals surface area contributed by atoms with Gasteiger partial charge in [0.25, 0.3) is 0 Å². The molecule has 0 fully saturated rings. The highest BCUT2D eigenvalue weighted by atomic mass is 79.9. The number of rotatable bonds is 0. The van der Waals surface area contributed by atoms with Crippen LogP contribution in [-0.4, -0.2) is 8.58 Å². The first kappa shape index (κ1) is 6.85. The monoisotopic (exact) mass is 210 g/mol. The number of halogens is 1. The SMILES string of the molecule is Cc1cccc2c1ncn2Br. The van der Waals surface area contributed by atoms with E-state index in [0.717, 1.165) is 11.0 Å². The Bertz CT molecular complexity index is 392. The van der Waals surface area contributed by atoms with Crippen LogP contribution in [0.2, 0.25) is 0 Å². The average Bonchev–Trinajstić information content (AvgIpc) is 2.35. The minimum absolute atomic E-state index is 1.06. The summed E-state index contributed by atoms with van der Waals surface area (Å²) in [6.45, 7) is 2.06. The molecule has 0 aliphatic heterocycles. The maximum atomic E-state index is 4.23. The fraction of sp³-hybridized carbons (Fsp3) is 0.125. The van der Waals surface area contributed by atoms with Gasteiger partial charge in [-0.15, -0.1) is 0 Å². The highest BCUT2D eigenvalue weighted by molar-refractivity contribution is 9.08. The van der Waals surface area contributed by atoms with Crippen LogP contribution in [0.1, 0.15) is 5.56 Å². The second-order valence-corrected chi connectivity index (χ2v) is 3.26. The molecule has 0 unspecified atom stereocenters. The van der Waals surface area contributed by atoms with Gasteiger partial charge in [0.2, 0.25) is 0 Å². The van der Waals surface area contributed by atoms with Gasteiger partial charge in [-0.1, -0.05) is 12.1 Å². The Hall–Kier alpha value is -0.830. The minimum atomic E-state index is 1.06. The maximum absolute atomic E-state index is 4.23. The average molecular weight is 211 g/mol. The van der Waals surface area contributed by atoms with E-state index in [1.807, 2.05) is 15.7 Å². The molecule has 0 aliphatic carbocycles. The Kier molecular flexibility index (Phi) is 1.46. The van der Waals surface area contributed by atoms with Crippen LogP contribution in [-0.2, 0) is 0 Å². The van der Waals surface area contributed by atoms with Crippen LogP contribution in [0.3, 0.4) is 0 Å². The zero-order valence-corrected chi connectivity index (χ0v) is 7.67. The summed E-state index contributed by atoms with van der Waals surface area (Å²) < 4.78 is 1.84. The lowest BCUT2D eigenvalue weighted by Gasteiger charge is -1.93. The third-order valence-corrected chi connectivity index (χ3v) is 2.30. The summed E-state index contributed by atoms with van der Waals surface area (Å²) in [5.41, 5.74) is 3.38. The first-order chi connectivity index (χ1) is 5.29. The third-order valence-electron chi connectivity index (χ3n) is 1.73. The molecule has 0 atom stereocenters. The number of hydrogen-bond acceptors (Lipinski definition) is 1. The fourth-order valence-corrected chi connectivity index (χ4v) is 1.53. The van der Waals surface area contributed by atoms with Gasteiger partial charge in [-0.05, 0) is 18.6 Å². The van der Waals surface area contributed by atoms with Crippen LogP contribution >= 0.6 is 16.1 Å². The van der Waals surface area contributed by atoms with Crippen LogP contribution in [0.15, 0.2) is 24.5 Å². The Morgan fingerprint density at radius 2 is 2.27 bits per heavy atom. The van der Waals surface area contributed by atoms with Gasteiger partial charge >= 0.3 is 0 Å². The number of imidazole rings is 1. The van der Waals surface area contributed by atoms with E-state index >= 15 is 0 Å². The Morgan fingerprint density at radius 1 is 1.45 bits per heavy atom. The van der Waals surface area contributed by atoms with Crippen molar-refractivity contribution in [3.8, 4) is 0 Å². The van der Waals surface area contributed by atoms with Gasteiger partial charge in [0.15, 0.2) is 0 Å². The van der Waals surface area contributed by atoms with E-state index in [0.29, 0.717) is 0 Å². The number of nitrogens with zero attached hydrogens (tertiary/aromatic N) is 2. The van der Waals surface area contributed by atoms with Crippen molar-refractivity contribution in [3.63, 3.8) is 0 Å². The van der Waals surface area contributed by atoms with Gasteiger partial charge in [-0.2, -0.15) is 0 Å². The molecule has 0 bridgehead atoms. The summed E-state index contributed by atoms with van der Waals surface area (Å²) in [5.74, 6) is 0. The largest absolute Gasteiger partial charge is 0.265 e. The van der Waals surface area contributed by atoms with E-state index in [2.05, 4.69) is 34.1 Å². The predicted octanol–water partition coefficient (Wildman–Crippen LogP) is 2.50. The molecule has 2 rings (SSSR count). The molecule has 3 heteroatoms. The van der Waals surface area contributed by atoms with Crippen molar-refractivity contribution >= 4 is 27.2 Å². The highest BCUT2D eigenvalue weighted by Gasteiger charge is 2.00. The van der Waals surface area contributed by atoms with Crippen molar-refractivity contribution in [2.45, 2.75) is 6.92 Å². The van der Waals surface area contributed by atoms with Crippen LogP contribution < -0.4 is 0 Å². The Labute approximate surface area is 73.2 Å². The topological polar surface area (TPSA) is 17.8 Å². The molecule has 11 heavy (non-hydrogen) atoms. The maximum Gasteiger partial charge on any atom is 0.106 e. The van der Waals surface area contributed by atoms with Gasteiger partial charge in [-0.25, -0.2) is 4.98 Å². The summed E-state index contributed by atoms with van der Waals surface area (Å²) in [7, 11) is 0. The first-order valence-electron chi connectivity index (χ1n) is 3.38. The van der Waals surface area contributed by atoms with Crippen molar-refractivity contribution in [2.24, 2.45) is 0 Å². The van der Waals surface area contributed by atoms with Gasteiger partial charge < -0.3 is 0 Å².